The lowest BCUT2D eigenvalue weighted by Crippen LogP contribution is -2.14. The van der Waals surface area contributed by atoms with Crippen LogP contribution in [0.1, 0.15) is 44.1 Å². The predicted octanol–water partition coefficient (Wildman–Crippen LogP) is 3.91. The Morgan fingerprint density at radius 3 is 2.59 bits per heavy atom. The first-order valence-electron chi connectivity index (χ1n) is 6.51. The lowest BCUT2D eigenvalue weighted by molar-refractivity contribution is -0.119. The second-order valence-electron chi connectivity index (χ2n) is 5.02. The smallest absolute Gasteiger partial charge is 0.137 e. The first-order chi connectivity index (χ1) is 8.25. The van der Waals surface area contributed by atoms with E-state index in [1.807, 2.05) is 0 Å². The van der Waals surface area contributed by atoms with Gasteiger partial charge in [-0.15, -0.1) is 0 Å². The molecule has 17 heavy (non-hydrogen) atoms. The summed E-state index contributed by atoms with van der Waals surface area (Å²) < 4.78 is 13.4. The molecule has 0 aliphatic heterocycles. The molecule has 0 saturated heterocycles. The number of carbonyl (C=O) groups is 1. The van der Waals surface area contributed by atoms with Crippen molar-refractivity contribution in [2.75, 3.05) is 0 Å². The summed E-state index contributed by atoms with van der Waals surface area (Å²) in [5.74, 6) is 0.467. The molecule has 2 rings (SSSR count). The molecule has 1 aromatic carbocycles. The molecule has 0 aromatic heterocycles. The van der Waals surface area contributed by atoms with E-state index >= 15 is 0 Å². The maximum Gasteiger partial charge on any atom is 0.137 e. The van der Waals surface area contributed by atoms with Crippen molar-refractivity contribution in [2.24, 2.45) is 5.92 Å². The maximum atomic E-state index is 13.4. The molecule has 1 fully saturated rings. The van der Waals surface area contributed by atoms with Crippen molar-refractivity contribution in [3.8, 4) is 0 Å². The Bertz CT molecular complexity index is 380. The zero-order valence-electron chi connectivity index (χ0n) is 10.1. The molecule has 0 heterocycles. The molecule has 0 bridgehead atoms. The van der Waals surface area contributed by atoms with Crippen LogP contribution in [-0.4, -0.2) is 5.78 Å². The summed E-state index contributed by atoms with van der Waals surface area (Å²) in [5, 5.41) is 0. The Morgan fingerprint density at radius 1 is 1.18 bits per heavy atom. The van der Waals surface area contributed by atoms with Gasteiger partial charge in [0, 0.05) is 12.8 Å². The van der Waals surface area contributed by atoms with E-state index < -0.39 is 0 Å². The highest BCUT2D eigenvalue weighted by molar-refractivity contribution is 5.81. The van der Waals surface area contributed by atoms with E-state index in [4.69, 9.17) is 0 Å². The summed E-state index contributed by atoms with van der Waals surface area (Å²) in [6, 6.07) is 6.56. The van der Waals surface area contributed by atoms with Crippen molar-refractivity contribution >= 4 is 5.78 Å². The molecule has 1 nitrogen and oxygen atoms in total. The molecule has 0 radical (unpaired) electrons. The molecule has 1 saturated carbocycles. The first-order valence-corrected chi connectivity index (χ1v) is 6.51. The van der Waals surface area contributed by atoms with E-state index in [0.717, 1.165) is 0 Å². The van der Waals surface area contributed by atoms with Crippen LogP contribution in [0.15, 0.2) is 24.3 Å². The number of hydrogen-bond acceptors (Lipinski definition) is 1. The predicted molar refractivity (Wildman–Crippen MR) is 66.3 cm³/mol. The van der Waals surface area contributed by atoms with Gasteiger partial charge in [-0.05, 0) is 17.5 Å². The van der Waals surface area contributed by atoms with Crippen LogP contribution in [0.5, 0.6) is 0 Å². The molecule has 0 atom stereocenters. The topological polar surface area (TPSA) is 17.1 Å². The molecule has 0 amide bonds. The van der Waals surface area contributed by atoms with Gasteiger partial charge < -0.3 is 0 Å². The summed E-state index contributed by atoms with van der Waals surface area (Å²) in [7, 11) is 0. The van der Waals surface area contributed by atoms with Gasteiger partial charge in [-0.3, -0.25) is 4.79 Å². The fraction of sp³-hybridized carbons (Fsp3) is 0.533. The average molecular weight is 234 g/mol. The molecule has 2 heteroatoms. The summed E-state index contributed by atoms with van der Waals surface area (Å²) >= 11 is 0. The lowest BCUT2D eigenvalue weighted by atomic mass is 9.85. The monoisotopic (exact) mass is 234 g/mol. The first kappa shape index (κ1) is 12.3. The van der Waals surface area contributed by atoms with Crippen molar-refractivity contribution < 1.29 is 9.18 Å². The quantitative estimate of drug-likeness (QED) is 0.772. The van der Waals surface area contributed by atoms with Gasteiger partial charge in [-0.25, -0.2) is 4.39 Å². The third kappa shape index (κ3) is 3.65. The molecular formula is C15H19FO. The fourth-order valence-electron chi connectivity index (χ4n) is 2.64. The number of Topliss-reactive ketones (excluding diaryl/α,β-unsaturated/α-hetero) is 1. The van der Waals surface area contributed by atoms with Crippen LogP contribution in [0.4, 0.5) is 4.39 Å². The van der Waals surface area contributed by atoms with Crippen LogP contribution < -0.4 is 0 Å². The Balaban J connectivity index is 1.86. The van der Waals surface area contributed by atoms with Gasteiger partial charge in [0.2, 0.25) is 0 Å². The van der Waals surface area contributed by atoms with Gasteiger partial charge in [0.15, 0.2) is 0 Å². The van der Waals surface area contributed by atoms with Crippen LogP contribution in [0.2, 0.25) is 0 Å². The highest BCUT2D eigenvalue weighted by Crippen LogP contribution is 2.26. The zero-order chi connectivity index (χ0) is 12.1. The van der Waals surface area contributed by atoms with Gasteiger partial charge in [-0.2, -0.15) is 0 Å². The molecule has 0 unspecified atom stereocenters. The molecule has 0 spiro atoms. The van der Waals surface area contributed by atoms with Crippen LogP contribution >= 0.6 is 0 Å². The fourth-order valence-corrected chi connectivity index (χ4v) is 2.64. The standard InChI is InChI=1S/C15H19FO/c16-15-9-5-4-8-13(15)11-14(17)10-12-6-2-1-3-7-12/h4-5,8-9,12H,1-3,6-7,10-11H2. The van der Waals surface area contributed by atoms with E-state index in [0.29, 0.717) is 17.9 Å². The van der Waals surface area contributed by atoms with Crippen molar-refractivity contribution in [3.63, 3.8) is 0 Å². The minimum absolute atomic E-state index is 0.182. The van der Waals surface area contributed by atoms with Crippen molar-refractivity contribution in [1.29, 1.82) is 0 Å². The Hall–Kier alpha value is -1.18. The van der Waals surface area contributed by atoms with Crippen LogP contribution in [0.3, 0.4) is 0 Å². The normalized spacial score (nSPS) is 17.0. The molecular weight excluding hydrogens is 215 g/mol. The van der Waals surface area contributed by atoms with Gasteiger partial charge >= 0.3 is 0 Å². The minimum Gasteiger partial charge on any atom is -0.299 e. The maximum absolute atomic E-state index is 13.4. The summed E-state index contributed by atoms with van der Waals surface area (Å²) in [4.78, 5) is 11.9. The Labute approximate surface area is 102 Å². The van der Waals surface area contributed by atoms with E-state index in [1.165, 1.54) is 38.2 Å². The van der Waals surface area contributed by atoms with Crippen LogP contribution in [-0.2, 0) is 11.2 Å². The van der Waals surface area contributed by atoms with Gasteiger partial charge in [0.05, 0.1) is 0 Å². The van der Waals surface area contributed by atoms with Gasteiger partial charge in [0.1, 0.15) is 11.6 Å². The number of ketones is 1. The lowest BCUT2D eigenvalue weighted by Gasteiger charge is -2.20. The summed E-state index contributed by atoms with van der Waals surface area (Å²) in [5.41, 5.74) is 0.535. The molecule has 1 aromatic rings. The van der Waals surface area contributed by atoms with Crippen molar-refractivity contribution in [3.05, 3.63) is 35.6 Å². The van der Waals surface area contributed by atoms with E-state index in [-0.39, 0.29) is 18.0 Å². The summed E-state index contributed by atoms with van der Waals surface area (Å²) in [6.07, 6.45) is 7.02. The largest absolute Gasteiger partial charge is 0.299 e. The number of benzene rings is 1. The Kier molecular flexibility index (Phi) is 4.29. The Morgan fingerprint density at radius 2 is 1.88 bits per heavy atom. The second-order valence-corrected chi connectivity index (χ2v) is 5.02. The zero-order valence-corrected chi connectivity index (χ0v) is 10.1. The molecule has 0 N–H and O–H groups in total. The second kappa shape index (κ2) is 5.95. The molecule has 92 valence electrons. The van der Waals surface area contributed by atoms with Crippen molar-refractivity contribution in [2.45, 2.75) is 44.9 Å². The van der Waals surface area contributed by atoms with E-state index in [1.54, 1.807) is 18.2 Å². The molecule has 1 aliphatic carbocycles. The highest BCUT2D eigenvalue weighted by Gasteiger charge is 2.17. The third-order valence-electron chi connectivity index (χ3n) is 3.59. The van der Waals surface area contributed by atoms with Crippen molar-refractivity contribution in [1.82, 2.24) is 0 Å². The number of rotatable bonds is 4. The van der Waals surface area contributed by atoms with Crippen LogP contribution in [0, 0.1) is 11.7 Å². The van der Waals surface area contributed by atoms with E-state index in [9.17, 15) is 9.18 Å². The SMILES string of the molecule is O=C(Cc1ccccc1F)CC1CCCCC1. The van der Waals surface area contributed by atoms with Gasteiger partial charge in [-0.1, -0.05) is 50.3 Å². The minimum atomic E-state index is -0.260. The average Bonchev–Trinajstić information content (AvgIpc) is 2.33. The number of carbonyl (C=O) groups excluding carboxylic acids is 1. The number of hydrogen-bond donors (Lipinski definition) is 0. The van der Waals surface area contributed by atoms with E-state index in [2.05, 4.69) is 0 Å². The van der Waals surface area contributed by atoms with Crippen LogP contribution in [0.25, 0.3) is 0 Å². The molecule has 1 aliphatic rings. The number of halogens is 1. The summed E-state index contributed by atoms with van der Waals surface area (Å²) in [6.45, 7) is 0. The third-order valence-corrected chi connectivity index (χ3v) is 3.59. The van der Waals surface area contributed by atoms with Gasteiger partial charge in [0.25, 0.3) is 0 Å². The highest BCUT2D eigenvalue weighted by atomic mass is 19.1.